The third kappa shape index (κ3) is 4.94. The Balaban J connectivity index is 1.37. The number of β-amino-alcohol motifs (C(OH)–C–C–N with tert-alkyl or cyclic N) is 1. The Bertz CT molecular complexity index is 930. The summed E-state index contributed by atoms with van der Waals surface area (Å²) >= 11 is 0. The molecule has 2 aromatic rings. The fourth-order valence-corrected chi connectivity index (χ4v) is 4.20. The first-order valence-electron chi connectivity index (χ1n) is 10.7. The highest BCUT2D eigenvalue weighted by Crippen LogP contribution is 2.38. The Labute approximate surface area is 182 Å². The number of benzene rings is 2. The van der Waals surface area contributed by atoms with Gasteiger partial charge in [0.05, 0.1) is 7.11 Å². The zero-order valence-electron chi connectivity index (χ0n) is 18.0. The molecule has 0 bridgehead atoms. The van der Waals surface area contributed by atoms with Crippen molar-refractivity contribution in [1.29, 1.82) is 0 Å². The van der Waals surface area contributed by atoms with Crippen molar-refractivity contribution in [2.75, 3.05) is 40.0 Å². The summed E-state index contributed by atoms with van der Waals surface area (Å²) in [5, 5.41) is 10.6. The van der Waals surface area contributed by atoms with E-state index in [0.29, 0.717) is 36.8 Å². The molecule has 0 spiro atoms. The van der Waals surface area contributed by atoms with E-state index in [-0.39, 0.29) is 18.4 Å². The molecular weight excluding hydrogens is 398 g/mol. The zero-order valence-corrected chi connectivity index (χ0v) is 18.0. The minimum atomic E-state index is -0.657. The topological polar surface area (TPSA) is 77.5 Å². The first-order chi connectivity index (χ1) is 15.0. The SMILES string of the molecule is COc1cc(C(C)=O)ccc1OC[C@@H](O)CN1CCC[C@@H]1c1ccc2c(c1)OCCO2. The molecule has 1 N–H and O–H groups in total. The summed E-state index contributed by atoms with van der Waals surface area (Å²) in [5.74, 6) is 2.54. The minimum absolute atomic E-state index is 0.0379. The molecule has 7 nitrogen and oxygen atoms in total. The number of rotatable bonds is 8. The number of likely N-dealkylation sites (tertiary alicyclic amines) is 1. The summed E-state index contributed by atoms with van der Waals surface area (Å²) in [6, 6.07) is 11.4. The molecule has 31 heavy (non-hydrogen) atoms. The van der Waals surface area contributed by atoms with Crippen LogP contribution < -0.4 is 18.9 Å². The van der Waals surface area contributed by atoms with Crippen LogP contribution in [0.1, 0.15) is 41.7 Å². The van der Waals surface area contributed by atoms with E-state index in [4.69, 9.17) is 18.9 Å². The van der Waals surface area contributed by atoms with Crippen LogP contribution in [0, 0.1) is 0 Å². The fraction of sp³-hybridized carbons (Fsp3) is 0.458. The number of aliphatic hydroxyl groups is 1. The highest BCUT2D eigenvalue weighted by Gasteiger charge is 2.29. The van der Waals surface area contributed by atoms with Crippen LogP contribution in [-0.2, 0) is 0 Å². The smallest absolute Gasteiger partial charge is 0.161 e. The van der Waals surface area contributed by atoms with Gasteiger partial charge < -0.3 is 24.1 Å². The Morgan fingerprint density at radius 1 is 1.16 bits per heavy atom. The molecule has 0 unspecified atom stereocenters. The Kier molecular flexibility index (Phi) is 6.63. The van der Waals surface area contributed by atoms with Gasteiger partial charge >= 0.3 is 0 Å². The molecule has 2 heterocycles. The highest BCUT2D eigenvalue weighted by atomic mass is 16.6. The number of fused-ring (bicyclic) bond motifs is 1. The summed E-state index contributed by atoms with van der Waals surface area (Å²) in [6.07, 6.45) is 1.45. The second-order valence-electron chi connectivity index (χ2n) is 7.94. The molecule has 0 amide bonds. The van der Waals surface area contributed by atoms with E-state index in [0.717, 1.165) is 30.9 Å². The maximum absolute atomic E-state index is 11.6. The van der Waals surface area contributed by atoms with Crippen LogP contribution in [0.4, 0.5) is 0 Å². The molecule has 1 fully saturated rings. The number of Topliss-reactive ketones (excluding diaryl/α,β-unsaturated/α-hetero) is 1. The van der Waals surface area contributed by atoms with Gasteiger partial charge in [-0.05, 0) is 62.2 Å². The minimum Gasteiger partial charge on any atom is -0.493 e. The Morgan fingerprint density at radius 2 is 1.97 bits per heavy atom. The molecule has 4 rings (SSSR count). The summed E-state index contributed by atoms with van der Waals surface area (Å²) in [6.45, 7) is 4.22. The third-order valence-electron chi connectivity index (χ3n) is 5.76. The van der Waals surface area contributed by atoms with Crippen molar-refractivity contribution in [1.82, 2.24) is 4.90 Å². The summed E-state index contributed by atoms with van der Waals surface area (Å²) < 4.78 is 22.5. The van der Waals surface area contributed by atoms with Crippen LogP contribution in [0.25, 0.3) is 0 Å². The molecule has 166 valence electrons. The molecule has 2 aliphatic rings. The monoisotopic (exact) mass is 427 g/mol. The van der Waals surface area contributed by atoms with Crippen LogP contribution in [-0.4, -0.2) is 61.9 Å². The summed E-state index contributed by atoms with van der Waals surface area (Å²) in [5.41, 5.74) is 1.74. The molecule has 0 aromatic heterocycles. The molecule has 2 atom stereocenters. The first-order valence-corrected chi connectivity index (χ1v) is 10.7. The molecule has 1 saturated heterocycles. The molecule has 0 aliphatic carbocycles. The number of aliphatic hydroxyl groups excluding tert-OH is 1. The number of ether oxygens (including phenoxy) is 4. The quantitative estimate of drug-likeness (QED) is 0.648. The van der Waals surface area contributed by atoms with Gasteiger partial charge in [0.1, 0.15) is 25.9 Å². The number of methoxy groups -OCH3 is 1. The Hall–Kier alpha value is -2.77. The fourth-order valence-electron chi connectivity index (χ4n) is 4.20. The predicted octanol–water partition coefficient (Wildman–Crippen LogP) is 3.25. The number of ketones is 1. The van der Waals surface area contributed by atoms with Gasteiger partial charge in [-0.25, -0.2) is 0 Å². The van der Waals surface area contributed by atoms with E-state index >= 15 is 0 Å². The van der Waals surface area contributed by atoms with Crippen LogP contribution in [0.15, 0.2) is 36.4 Å². The van der Waals surface area contributed by atoms with Gasteiger partial charge in [-0.3, -0.25) is 9.69 Å². The largest absolute Gasteiger partial charge is 0.493 e. The lowest BCUT2D eigenvalue weighted by Gasteiger charge is -2.28. The van der Waals surface area contributed by atoms with Gasteiger partial charge in [-0.2, -0.15) is 0 Å². The van der Waals surface area contributed by atoms with Crippen molar-refractivity contribution in [2.45, 2.75) is 31.9 Å². The van der Waals surface area contributed by atoms with E-state index in [1.54, 1.807) is 18.2 Å². The number of hydrogen-bond acceptors (Lipinski definition) is 7. The van der Waals surface area contributed by atoms with Gasteiger partial charge in [-0.1, -0.05) is 6.07 Å². The van der Waals surface area contributed by atoms with E-state index in [2.05, 4.69) is 17.0 Å². The van der Waals surface area contributed by atoms with E-state index in [9.17, 15) is 9.90 Å². The van der Waals surface area contributed by atoms with E-state index < -0.39 is 6.10 Å². The van der Waals surface area contributed by atoms with Crippen LogP contribution >= 0.6 is 0 Å². The lowest BCUT2D eigenvalue weighted by atomic mass is 10.0. The van der Waals surface area contributed by atoms with Crippen LogP contribution in [0.3, 0.4) is 0 Å². The molecule has 2 aromatic carbocycles. The molecular formula is C24H29NO6. The van der Waals surface area contributed by atoms with Gasteiger partial charge in [-0.15, -0.1) is 0 Å². The van der Waals surface area contributed by atoms with Gasteiger partial charge in [0.15, 0.2) is 28.8 Å². The lowest BCUT2D eigenvalue weighted by Crippen LogP contribution is -2.35. The average Bonchev–Trinajstić information content (AvgIpc) is 3.25. The van der Waals surface area contributed by atoms with Gasteiger partial charge in [0, 0.05) is 18.2 Å². The standard InChI is InChI=1S/C24H29NO6/c1-16(26)17-5-7-21(23(12-17)28-2)31-15-19(27)14-25-9-3-4-20(25)18-6-8-22-24(13-18)30-11-10-29-22/h5-8,12-13,19-20,27H,3-4,9-11,14-15H2,1-2H3/t19-,20+/m0/s1. The van der Waals surface area contributed by atoms with Crippen LogP contribution in [0.2, 0.25) is 0 Å². The summed E-state index contributed by atoms with van der Waals surface area (Å²) in [7, 11) is 1.53. The molecule has 7 heteroatoms. The second-order valence-corrected chi connectivity index (χ2v) is 7.94. The second kappa shape index (κ2) is 9.58. The van der Waals surface area contributed by atoms with Crippen molar-refractivity contribution in [2.24, 2.45) is 0 Å². The van der Waals surface area contributed by atoms with Crippen LogP contribution in [0.5, 0.6) is 23.0 Å². The normalized spacial score (nSPS) is 19.1. The maximum Gasteiger partial charge on any atom is 0.161 e. The number of carbonyl (C=O) groups excluding carboxylic acids is 1. The number of nitrogens with zero attached hydrogens (tertiary/aromatic N) is 1. The Morgan fingerprint density at radius 3 is 2.74 bits per heavy atom. The van der Waals surface area contributed by atoms with Crippen molar-refractivity contribution in [3.8, 4) is 23.0 Å². The molecule has 0 radical (unpaired) electrons. The first kappa shape index (κ1) is 21.5. The highest BCUT2D eigenvalue weighted by molar-refractivity contribution is 5.94. The van der Waals surface area contributed by atoms with E-state index in [1.807, 2.05) is 6.07 Å². The number of hydrogen-bond donors (Lipinski definition) is 1. The van der Waals surface area contributed by atoms with Crippen molar-refractivity contribution >= 4 is 5.78 Å². The van der Waals surface area contributed by atoms with Gasteiger partial charge in [0.25, 0.3) is 0 Å². The zero-order chi connectivity index (χ0) is 21.8. The summed E-state index contributed by atoms with van der Waals surface area (Å²) in [4.78, 5) is 13.8. The van der Waals surface area contributed by atoms with Crippen molar-refractivity contribution < 1.29 is 28.8 Å². The van der Waals surface area contributed by atoms with Crippen molar-refractivity contribution in [3.63, 3.8) is 0 Å². The maximum atomic E-state index is 11.6. The lowest BCUT2D eigenvalue weighted by molar-refractivity contribution is 0.0628. The molecule has 0 saturated carbocycles. The van der Waals surface area contributed by atoms with Crippen molar-refractivity contribution in [3.05, 3.63) is 47.5 Å². The van der Waals surface area contributed by atoms with Gasteiger partial charge in [0.2, 0.25) is 0 Å². The molecule has 2 aliphatic heterocycles. The third-order valence-corrected chi connectivity index (χ3v) is 5.76. The predicted molar refractivity (Wildman–Crippen MR) is 115 cm³/mol. The average molecular weight is 427 g/mol. The number of carbonyl (C=O) groups is 1. The van der Waals surface area contributed by atoms with E-state index in [1.165, 1.54) is 19.6 Å².